The lowest BCUT2D eigenvalue weighted by atomic mass is 9.84. The van der Waals surface area contributed by atoms with Gasteiger partial charge in [-0.05, 0) is 44.9 Å². The van der Waals surface area contributed by atoms with Crippen molar-refractivity contribution in [3.63, 3.8) is 0 Å². The van der Waals surface area contributed by atoms with Gasteiger partial charge in [-0.2, -0.15) is 0 Å². The predicted molar refractivity (Wildman–Crippen MR) is 68.6 cm³/mol. The van der Waals surface area contributed by atoms with E-state index in [2.05, 4.69) is 5.32 Å². The van der Waals surface area contributed by atoms with Crippen molar-refractivity contribution in [3.05, 3.63) is 0 Å². The summed E-state index contributed by atoms with van der Waals surface area (Å²) in [6, 6.07) is 0.391. The van der Waals surface area contributed by atoms with Gasteiger partial charge in [0.1, 0.15) is 0 Å². The van der Waals surface area contributed by atoms with Crippen LogP contribution in [0.2, 0.25) is 0 Å². The number of rotatable bonds is 6. The molecule has 4 nitrogen and oxygen atoms in total. The third-order valence-corrected chi connectivity index (χ3v) is 3.66. The molecule has 0 aromatic rings. The number of nitrogens with one attached hydrogen (secondary N) is 1. The van der Waals surface area contributed by atoms with Gasteiger partial charge in [0.25, 0.3) is 0 Å². The molecule has 0 aromatic heterocycles. The van der Waals surface area contributed by atoms with Crippen LogP contribution in [0.1, 0.15) is 45.4 Å². The Labute approximate surface area is 104 Å². The monoisotopic (exact) mass is 242 g/mol. The quantitative estimate of drug-likeness (QED) is 0.740. The Kier molecular flexibility index (Phi) is 6.52. The van der Waals surface area contributed by atoms with Gasteiger partial charge < -0.3 is 15.8 Å². The van der Waals surface area contributed by atoms with Crippen molar-refractivity contribution in [2.75, 3.05) is 13.7 Å². The summed E-state index contributed by atoms with van der Waals surface area (Å²) < 4.78 is 5.08. The summed E-state index contributed by atoms with van der Waals surface area (Å²) in [5.41, 5.74) is 5.86. The highest BCUT2D eigenvalue weighted by Gasteiger charge is 2.19. The maximum Gasteiger partial charge on any atom is 0.220 e. The molecule has 1 unspecified atom stereocenters. The van der Waals surface area contributed by atoms with Crippen LogP contribution >= 0.6 is 0 Å². The first-order valence-electron chi connectivity index (χ1n) is 6.67. The van der Waals surface area contributed by atoms with Crippen molar-refractivity contribution in [1.82, 2.24) is 5.32 Å². The van der Waals surface area contributed by atoms with Gasteiger partial charge in [-0.25, -0.2) is 0 Å². The zero-order valence-corrected chi connectivity index (χ0v) is 11.1. The van der Waals surface area contributed by atoms with Crippen LogP contribution in [0.5, 0.6) is 0 Å². The molecule has 0 saturated heterocycles. The third-order valence-electron chi connectivity index (χ3n) is 3.66. The highest BCUT2D eigenvalue weighted by atomic mass is 16.5. The summed E-state index contributed by atoms with van der Waals surface area (Å²) in [4.78, 5) is 11.6. The predicted octanol–water partition coefficient (Wildman–Crippen LogP) is 1.44. The summed E-state index contributed by atoms with van der Waals surface area (Å²) in [6.45, 7) is 2.55. The van der Waals surface area contributed by atoms with Gasteiger partial charge in [0.05, 0.1) is 6.10 Å². The fraction of sp³-hybridized carbons (Fsp3) is 0.923. The van der Waals surface area contributed by atoms with Crippen molar-refractivity contribution in [1.29, 1.82) is 0 Å². The van der Waals surface area contributed by atoms with E-state index in [0.717, 1.165) is 19.3 Å². The average Bonchev–Trinajstić information content (AvgIpc) is 2.35. The molecule has 3 N–H and O–H groups in total. The molecule has 0 heterocycles. The molecule has 1 atom stereocenters. The highest BCUT2D eigenvalue weighted by molar-refractivity contribution is 5.75. The van der Waals surface area contributed by atoms with Crippen LogP contribution in [-0.4, -0.2) is 31.7 Å². The molecule has 0 bridgehead atoms. The molecule has 0 aliphatic heterocycles. The van der Waals surface area contributed by atoms with E-state index in [1.807, 2.05) is 6.92 Å². The molecule has 100 valence electrons. The Bertz CT molecular complexity index is 225. The van der Waals surface area contributed by atoms with E-state index in [1.54, 1.807) is 7.11 Å². The SMILES string of the molecule is COC(C)CNC(=O)CCC1CCC(N)CC1. The summed E-state index contributed by atoms with van der Waals surface area (Å²) >= 11 is 0. The number of hydrogen-bond donors (Lipinski definition) is 2. The number of carbonyl (C=O) groups is 1. The van der Waals surface area contributed by atoms with E-state index in [-0.39, 0.29) is 12.0 Å². The topological polar surface area (TPSA) is 64.3 Å². The lowest BCUT2D eigenvalue weighted by molar-refractivity contribution is -0.121. The van der Waals surface area contributed by atoms with Crippen molar-refractivity contribution in [2.45, 2.75) is 57.6 Å². The zero-order chi connectivity index (χ0) is 12.7. The first-order chi connectivity index (χ1) is 8.11. The second-order valence-electron chi connectivity index (χ2n) is 5.17. The minimum Gasteiger partial charge on any atom is -0.380 e. The van der Waals surface area contributed by atoms with E-state index in [9.17, 15) is 4.79 Å². The molecule has 1 aliphatic carbocycles. The van der Waals surface area contributed by atoms with Crippen LogP contribution in [0.15, 0.2) is 0 Å². The standard InChI is InChI=1S/C13H26N2O2/c1-10(17-2)9-15-13(16)8-5-11-3-6-12(14)7-4-11/h10-12H,3-9,14H2,1-2H3,(H,15,16). The Balaban J connectivity index is 2.07. The number of nitrogens with two attached hydrogens (primary N) is 1. The highest BCUT2D eigenvalue weighted by Crippen LogP contribution is 2.26. The Morgan fingerprint density at radius 3 is 2.65 bits per heavy atom. The molecule has 4 heteroatoms. The smallest absolute Gasteiger partial charge is 0.220 e. The lowest BCUT2D eigenvalue weighted by Gasteiger charge is -2.25. The van der Waals surface area contributed by atoms with Gasteiger partial charge in [0, 0.05) is 26.1 Å². The van der Waals surface area contributed by atoms with Gasteiger partial charge in [0.15, 0.2) is 0 Å². The fourth-order valence-corrected chi connectivity index (χ4v) is 2.24. The maximum absolute atomic E-state index is 11.6. The number of carbonyl (C=O) groups excluding carboxylic acids is 1. The molecule has 0 radical (unpaired) electrons. The van der Waals surface area contributed by atoms with Crippen molar-refractivity contribution >= 4 is 5.91 Å². The maximum atomic E-state index is 11.6. The largest absolute Gasteiger partial charge is 0.380 e. The van der Waals surface area contributed by atoms with Gasteiger partial charge in [0.2, 0.25) is 5.91 Å². The van der Waals surface area contributed by atoms with Gasteiger partial charge >= 0.3 is 0 Å². The van der Waals surface area contributed by atoms with E-state index in [4.69, 9.17) is 10.5 Å². The van der Waals surface area contributed by atoms with Gasteiger partial charge in [-0.3, -0.25) is 4.79 Å². The average molecular weight is 242 g/mol. The number of amides is 1. The lowest BCUT2D eigenvalue weighted by Crippen LogP contribution is -2.32. The molecule has 17 heavy (non-hydrogen) atoms. The molecule has 1 saturated carbocycles. The van der Waals surface area contributed by atoms with E-state index in [1.165, 1.54) is 12.8 Å². The van der Waals surface area contributed by atoms with Crippen LogP contribution < -0.4 is 11.1 Å². The molecular formula is C13H26N2O2. The number of ether oxygens (including phenoxy) is 1. The van der Waals surface area contributed by atoms with Crippen LogP contribution in [-0.2, 0) is 9.53 Å². The Morgan fingerprint density at radius 2 is 2.06 bits per heavy atom. The minimum atomic E-state index is 0.0895. The molecule has 1 aliphatic rings. The molecule has 1 fully saturated rings. The number of hydrogen-bond acceptors (Lipinski definition) is 3. The van der Waals surface area contributed by atoms with Crippen LogP contribution in [0.25, 0.3) is 0 Å². The Morgan fingerprint density at radius 1 is 1.41 bits per heavy atom. The normalized spacial score (nSPS) is 26.5. The second-order valence-corrected chi connectivity index (χ2v) is 5.17. The van der Waals surface area contributed by atoms with Gasteiger partial charge in [-0.15, -0.1) is 0 Å². The van der Waals surface area contributed by atoms with Crippen LogP contribution in [0, 0.1) is 5.92 Å². The summed E-state index contributed by atoms with van der Waals surface area (Å²) in [6.07, 6.45) is 6.33. The van der Waals surface area contributed by atoms with E-state index in [0.29, 0.717) is 24.9 Å². The van der Waals surface area contributed by atoms with Crippen LogP contribution in [0.4, 0.5) is 0 Å². The van der Waals surface area contributed by atoms with Crippen LogP contribution in [0.3, 0.4) is 0 Å². The van der Waals surface area contributed by atoms with Crippen molar-refractivity contribution < 1.29 is 9.53 Å². The molecule has 0 spiro atoms. The minimum absolute atomic E-state index is 0.0895. The second kappa shape index (κ2) is 7.67. The zero-order valence-electron chi connectivity index (χ0n) is 11.1. The van der Waals surface area contributed by atoms with Gasteiger partial charge in [-0.1, -0.05) is 0 Å². The third kappa shape index (κ3) is 6.03. The first-order valence-corrected chi connectivity index (χ1v) is 6.67. The van der Waals surface area contributed by atoms with Crippen molar-refractivity contribution in [2.24, 2.45) is 11.7 Å². The van der Waals surface area contributed by atoms with E-state index >= 15 is 0 Å². The molecular weight excluding hydrogens is 216 g/mol. The summed E-state index contributed by atoms with van der Waals surface area (Å²) in [7, 11) is 1.65. The Hall–Kier alpha value is -0.610. The molecule has 1 amide bonds. The molecule has 1 rings (SSSR count). The summed E-state index contributed by atoms with van der Waals surface area (Å²) in [5, 5.41) is 2.89. The van der Waals surface area contributed by atoms with Crippen molar-refractivity contribution in [3.8, 4) is 0 Å². The molecule has 0 aromatic carbocycles. The summed E-state index contributed by atoms with van der Waals surface area (Å²) in [5.74, 6) is 0.837. The van der Waals surface area contributed by atoms with E-state index < -0.39 is 0 Å². The first kappa shape index (κ1) is 14.5. The number of methoxy groups -OCH3 is 1. The fourth-order valence-electron chi connectivity index (χ4n) is 2.24.